The minimum Gasteiger partial charge on any atom is -0.358 e. The largest absolute Gasteiger partial charge is 0.358 e. The minimum absolute atomic E-state index is 0.00794. The summed E-state index contributed by atoms with van der Waals surface area (Å²) in [6.45, 7) is 5.49. The third-order valence-electron chi connectivity index (χ3n) is 5.89. The van der Waals surface area contributed by atoms with Crippen molar-refractivity contribution in [2.75, 3.05) is 26.7 Å². The number of nitrogens with one attached hydrogen (secondary N) is 2. The summed E-state index contributed by atoms with van der Waals surface area (Å²) < 4.78 is 4.66. The van der Waals surface area contributed by atoms with Crippen LogP contribution >= 0.6 is 11.6 Å². The van der Waals surface area contributed by atoms with E-state index in [1.807, 2.05) is 37.1 Å². The lowest BCUT2D eigenvalue weighted by Gasteiger charge is -2.38. The van der Waals surface area contributed by atoms with Gasteiger partial charge in [-0.15, -0.1) is 0 Å². The molecule has 3 heterocycles. The number of amides is 2. The number of piperazine rings is 1. The number of rotatable bonds is 5. The van der Waals surface area contributed by atoms with Gasteiger partial charge >= 0.3 is 0 Å². The standard InChI is InChI=1S/C21H25ClN6O3/c1-12-15(16-8-14(22)4-5-17(16)24-12)9-20(29)28-7-6-27(3)19(11-28)21(30)23-10-18-13(2)25-31-26-18/h4-5,8,19,24H,6-7,9-11H2,1-3H3,(H,23,30). The van der Waals surface area contributed by atoms with Crippen LogP contribution in [0.2, 0.25) is 5.02 Å². The molecule has 2 N–H and O–H groups in total. The smallest absolute Gasteiger partial charge is 0.239 e. The number of aryl methyl sites for hydroxylation is 2. The highest BCUT2D eigenvalue weighted by atomic mass is 35.5. The zero-order chi connectivity index (χ0) is 22.1. The summed E-state index contributed by atoms with van der Waals surface area (Å²) in [5.74, 6) is -0.163. The number of likely N-dealkylation sites (N-methyl/N-ethyl adjacent to an activating group) is 1. The molecular formula is C21H25ClN6O3. The third kappa shape index (κ3) is 4.42. The number of fused-ring (bicyclic) bond motifs is 1. The molecule has 0 radical (unpaired) electrons. The van der Waals surface area contributed by atoms with Crippen molar-refractivity contribution in [1.82, 2.24) is 30.4 Å². The van der Waals surface area contributed by atoms with Crippen molar-refractivity contribution in [3.8, 4) is 0 Å². The molecule has 4 rings (SSSR count). The summed E-state index contributed by atoms with van der Waals surface area (Å²) in [6.07, 6.45) is 0.258. The predicted molar refractivity (Wildman–Crippen MR) is 116 cm³/mol. The average molecular weight is 445 g/mol. The molecule has 9 nitrogen and oxygen atoms in total. The second-order valence-corrected chi connectivity index (χ2v) is 8.38. The highest BCUT2D eigenvalue weighted by Crippen LogP contribution is 2.26. The van der Waals surface area contributed by atoms with Gasteiger partial charge in [-0.25, -0.2) is 4.63 Å². The summed E-state index contributed by atoms with van der Waals surface area (Å²) in [5, 5.41) is 12.0. The Morgan fingerprint density at radius 1 is 1.29 bits per heavy atom. The summed E-state index contributed by atoms with van der Waals surface area (Å²) in [4.78, 5) is 32.9. The lowest BCUT2D eigenvalue weighted by atomic mass is 10.1. The van der Waals surface area contributed by atoms with Gasteiger partial charge in [0.25, 0.3) is 0 Å². The summed E-state index contributed by atoms with van der Waals surface area (Å²) in [7, 11) is 1.89. The van der Waals surface area contributed by atoms with Crippen LogP contribution < -0.4 is 5.32 Å². The van der Waals surface area contributed by atoms with Crippen LogP contribution in [0.1, 0.15) is 22.6 Å². The molecule has 1 atom stereocenters. The fraction of sp³-hybridized carbons (Fsp3) is 0.429. The normalized spacial score (nSPS) is 17.3. The Morgan fingerprint density at radius 2 is 2.10 bits per heavy atom. The molecule has 1 saturated heterocycles. The number of halogens is 1. The van der Waals surface area contributed by atoms with E-state index in [0.29, 0.717) is 36.0 Å². The zero-order valence-corrected chi connectivity index (χ0v) is 18.5. The van der Waals surface area contributed by atoms with Gasteiger partial charge < -0.3 is 15.2 Å². The van der Waals surface area contributed by atoms with Crippen molar-refractivity contribution in [1.29, 1.82) is 0 Å². The minimum atomic E-state index is -0.434. The first-order chi connectivity index (χ1) is 14.8. The first kappa shape index (κ1) is 21.3. The molecule has 31 heavy (non-hydrogen) atoms. The van der Waals surface area contributed by atoms with Gasteiger partial charge in [-0.05, 0) is 44.7 Å². The van der Waals surface area contributed by atoms with Gasteiger partial charge in [0.15, 0.2) is 0 Å². The molecular weight excluding hydrogens is 420 g/mol. The first-order valence-corrected chi connectivity index (χ1v) is 10.5. The molecule has 2 amide bonds. The van der Waals surface area contributed by atoms with Crippen LogP contribution in [0.3, 0.4) is 0 Å². The Kier molecular flexibility index (Phi) is 5.97. The van der Waals surface area contributed by atoms with Crippen LogP contribution in [-0.4, -0.2) is 69.6 Å². The van der Waals surface area contributed by atoms with Crippen LogP contribution in [0, 0.1) is 13.8 Å². The van der Waals surface area contributed by atoms with Crippen molar-refractivity contribution in [3.63, 3.8) is 0 Å². The first-order valence-electron chi connectivity index (χ1n) is 10.1. The molecule has 1 aliphatic rings. The molecule has 3 aromatic rings. The second kappa shape index (κ2) is 8.68. The summed E-state index contributed by atoms with van der Waals surface area (Å²) in [5.41, 5.74) is 4.08. The van der Waals surface area contributed by atoms with Crippen LogP contribution in [0.4, 0.5) is 0 Å². The molecule has 0 saturated carbocycles. The Morgan fingerprint density at radius 3 is 2.84 bits per heavy atom. The zero-order valence-electron chi connectivity index (χ0n) is 17.7. The van der Waals surface area contributed by atoms with E-state index < -0.39 is 6.04 Å². The van der Waals surface area contributed by atoms with Crippen molar-refractivity contribution in [2.24, 2.45) is 0 Å². The Balaban J connectivity index is 1.43. The van der Waals surface area contributed by atoms with Gasteiger partial charge in [-0.2, -0.15) is 0 Å². The van der Waals surface area contributed by atoms with Crippen molar-refractivity contribution >= 4 is 34.3 Å². The Bertz CT molecular complexity index is 1120. The lowest BCUT2D eigenvalue weighted by Crippen LogP contribution is -2.58. The molecule has 1 aliphatic heterocycles. The monoisotopic (exact) mass is 444 g/mol. The Labute approximate surface area is 184 Å². The van der Waals surface area contributed by atoms with E-state index in [-0.39, 0.29) is 24.8 Å². The molecule has 1 aromatic carbocycles. The average Bonchev–Trinajstić information content (AvgIpc) is 3.29. The molecule has 164 valence electrons. The number of hydrogen-bond donors (Lipinski definition) is 2. The number of benzene rings is 1. The van der Waals surface area contributed by atoms with E-state index in [9.17, 15) is 9.59 Å². The lowest BCUT2D eigenvalue weighted by molar-refractivity contribution is -0.137. The third-order valence-corrected chi connectivity index (χ3v) is 6.12. The molecule has 0 bridgehead atoms. The topological polar surface area (TPSA) is 107 Å². The van der Waals surface area contributed by atoms with E-state index in [2.05, 4.69) is 25.2 Å². The van der Waals surface area contributed by atoms with E-state index in [1.165, 1.54) is 0 Å². The van der Waals surface area contributed by atoms with Crippen molar-refractivity contribution in [3.05, 3.63) is 45.9 Å². The molecule has 2 aromatic heterocycles. The van der Waals surface area contributed by atoms with Crippen molar-refractivity contribution in [2.45, 2.75) is 32.9 Å². The van der Waals surface area contributed by atoms with Crippen LogP contribution in [-0.2, 0) is 22.6 Å². The van der Waals surface area contributed by atoms with Gasteiger partial charge in [0.1, 0.15) is 17.4 Å². The van der Waals surface area contributed by atoms with E-state index >= 15 is 0 Å². The van der Waals surface area contributed by atoms with E-state index in [1.54, 1.807) is 11.8 Å². The van der Waals surface area contributed by atoms with Crippen molar-refractivity contribution < 1.29 is 14.2 Å². The van der Waals surface area contributed by atoms with Crippen LogP contribution in [0.5, 0.6) is 0 Å². The number of carbonyl (C=O) groups is 2. The quantitative estimate of drug-likeness (QED) is 0.621. The van der Waals surface area contributed by atoms with Crippen LogP contribution in [0.25, 0.3) is 10.9 Å². The van der Waals surface area contributed by atoms with Gasteiger partial charge in [0.2, 0.25) is 11.8 Å². The number of carbonyl (C=O) groups excluding carboxylic acids is 2. The molecule has 0 aliphatic carbocycles. The maximum Gasteiger partial charge on any atom is 0.239 e. The molecule has 1 fully saturated rings. The van der Waals surface area contributed by atoms with Crippen LogP contribution in [0.15, 0.2) is 22.8 Å². The number of hydrogen-bond acceptors (Lipinski definition) is 6. The summed E-state index contributed by atoms with van der Waals surface area (Å²) in [6, 6.07) is 5.19. The summed E-state index contributed by atoms with van der Waals surface area (Å²) >= 11 is 6.16. The van der Waals surface area contributed by atoms with Gasteiger partial charge in [-0.1, -0.05) is 21.9 Å². The van der Waals surface area contributed by atoms with Gasteiger partial charge in [0.05, 0.1) is 13.0 Å². The van der Waals surface area contributed by atoms with Gasteiger partial charge in [-0.3, -0.25) is 14.5 Å². The fourth-order valence-electron chi connectivity index (χ4n) is 3.93. The molecule has 10 heteroatoms. The highest BCUT2D eigenvalue weighted by Gasteiger charge is 2.32. The molecule has 1 unspecified atom stereocenters. The highest BCUT2D eigenvalue weighted by molar-refractivity contribution is 6.31. The second-order valence-electron chi connectivity index (χ2n) is 7.95. The van der Waals surface area contributed by atoms with E-state index in [0.717, 1.165) is 22.2 Å². The maximum absolute atomic E-state index is 13.1. The van der Waals surface area contributed by atoms with E-state index in [4.69, 9.17) is 11.6 Å². The number of H-pyrrole nitrogens is 1. The number of aromatic nitrogens is 3. The van der Waals surface area contributed by atoms with Gasteiger partial charge in [0, 0.05) is 41.3 Å². The predicted octanol–water partition coefficient (Wildman–Crippen LogP) is 1.82. The fourth-order valence-corrected chi connectivity index (χ4v) is 4.10. The number of nitrogens with zero attached hydrogens (tertiary/aromatic N) is 4. The number of aromatic amines is 1. The maximum atomic E-state index is 13.1. The SMILES string of the molecule is Cc1nonc1CNC(=O)C1CN(C(=O)Cc2c(C)[nH]c3ccc(Cl)cc23)CCN1C. The molecule has 0 spiro atoms. The Hall–Kier alpha value is -2.91.